The molecule has 0 atom stereocenters. The van der Waals surface area contributed by atoms with Gasteiger partial charge >= 0.3 is 0 Å². The molecule has 1 aliphatic carbocycles. The van der Waals surface area contributed by atoms with Crippen LogP contribution in [0.15, 0.2) is 12.1 Å². The lowest BCUT2D eigenvalue weighted by Crippen LogP contribution is -2.54. The van der Waals surface area contributed by atoms with Crippen molar-refractivity contribution in [2.45, 2.75) is 31.7 Å². The van der Waals surface area contributed by atoms with Crippen LogP contribution in [0.25, 0.3) is 0 Å². The van der Waals surface area contributed by atoms with Gasteiger partial charge in [-0.15, -0.1) is 0 Å². The summed E-state index contributed by atoms with van der Waals surface area (Å²) >= 11 is 0. The van der Waals surface area contributed by atoms with Crippen LogP contribution >= 0.6 is 0 Å². The van der Waals surface area contributed by atoms with E-state index in [1.54, 1.807) is 0 Å². The molecule has 2 aliphatic rings. The van der Waals surface area contributed by atoms with Crippen LogP contribution in [0, 0.1) is 11.2 Å². The number of carbonyl (C=O) groups excluding carboxylic acids is 1. The lowest BCUT2D eigenvalue weighted by Gasteiger charge is -2.52. The molecule has 23 heavy (non-hydrogen) atoms. The third-order valence-electron chi connectivity index (χ3n) is 5.31. The number of methoxy groups -OCH3 is 1. The lowest BCUT2D eigenvalue weighted by atomic mass is 9.60. The van der Waals surface area contributed by atoms with Gasteiger partial charge in [0.2, 0.25) is 0 Å². The third kappa shape index (κ3) is 3.13. The minimum atomic E-state index is -0.617. The van der Waals surface area contributed by atoms with Gasteiger partial charge in [0.1, 0.15) is 11.6 Å². The van der Waals surface area contributed by atoms with Crippen molar-refractivity contribution in [3.63, 3.8) is 0 Å². The summed E-state index contributed by atoms with van der Waals surface area (Å²) in [4.78, 5) is 14.7. The number of rotatable bonds is 3. The molecule has 1 heterocycles. The molecule has 0 unspecified atom stereocenters. The molecule has 2 fully saturated rings. The zero-order valence-corrected chi connectivity index (χ0v) is 13.7. The number of nitrogens with two attached hydrogens (primary N) is 1. The Labute approximate surface area is 136 Å². The van der Waals surface area contributed by atoms with E-state index in [1.807, 2.05) is 0 Å². The normalized spacial score (nSPS) is 21.0. The molecule has 126 valence electrons. The molecular formula is C17H24FN3O2. The number of halogens is 1. The van der Waals surface area contributed by atoms with Gasteiger partial charge in [0.15, 0.2) is 0 Å². The fourth-order valence-corrected chi connectivity index (χ4v) is 3.77. The van der Waals surface area contributed by atoms with E-state index in [9.17, 15) is 9.18 Å². The van der Waals surface area contributed by atoms with Gasteiger partial charge in [0.25, 0.3) is 5.91 Å². The summed E-state index contributed by atoms with van der Waals surface area (Å²) in [5, 5.41) is 2.94. The first kappa shape index (κ1) is 16.1. The highest BCUT2D eigenvalue weighted by Gasteiger charge is 2.45. The minimum Gasteiger partial charge on any atom is -0.495 e. The summed E-state index contributed by atoms with van der Waals surface area (Å²) in [7, 11) is 3.59. The summed E-state index contributed by atoms with van der Waals surface area (Å²) < 4.78 is 19.0. The monoisotopic (exact) mass is 321 g/mol. The molecule has 1 amide bonds. The fourth-order valence-electron chi connectivity index (χ4n) is 3.77. The van der Waals surface area contributed by atoms with Crippen molar-refractivity contribution in [1.82, 2.24) is 10.2 Å². The number of hydrogen-bond donors (Lipinski definition) is 2. The van der Waals surface area contributed by atoms with Crippen molar-refractivity contribution in [2.75, 3.05) is 33.0 Å². The Morgan fingerprint density at radius 1 is 1.39 bits per heavy atom. The van der Waals surface area contributed by atoms with E-state index in [-0.39, 0.29) is 17.3 Å². The summed E-state index contributed by atoms with van der Waals surface area (Å²) in [5.41, 5.74) is 6.20. The molecule has 1 saturated carbocycles. The Bertz CT molecular complexity index is 604. The Morgan fingerprint density at radius 3 is 2.65 bits per heavy atom. The highest BCUT2D eigenvalue weighted by atomic mass is 19.1. The summed E-state index contributed by atoms with van der Waals surface area (Å²) in [6.45, 7) is 2.23. The van der Waals surface area contributed by atoms with Crippen molar-refractivity contribution < 1.29 is 13.9 Å². The topological polar surface area (TPSA) is 67.6 Å². The van der Waals surface area contributed by atoms with Gasteiger partial charge in [-0.1, -0.05) is 0 Å². The maximum absolute atomic E-state index is 14.0. The van der Waals surface area contributed by atoms with E-state index < -0.39 is 11.7 Å². The number of carbonyl (C=O) groups is 1. The Morgan fingerprint density at radius 2 is 2.04 bits per heavy atom. The number of nitrogen functional groups attached to an aromatic ring is 1. The molecule has 0 bridgehead atoms. The molecule has 3 N–H and O–H groups in total. The number of ether oxygens (including phenoxy) is 1. The smallest absolute Gasteiger partial charge is 0.254 e. The molecule has 1 aliphatic heterocycles. The van der Waals surface area contributed by atoms with Crippen LogP contribution in [0.3, 0.4) is 0 Å². The van der Waals surface area contributed by atoms with E-state index in [4.69, 9.17) is 10.5 Å². The van der Waals surface area contributed by atoms with Gasteiger partial charge in [-0.2, -0.15) is 0 Å². The second-order valence-electron chi connectivity index (χ2n) is 6.96. The Balaban J connectivity index is 1.61. The number of anilines is 1. The number of hydrogen-bond acceptors (Lipinski definition) is 4. The van der Waals surface area contributed by atoms with Crippen LogP contribution in [0.5, 0.6) is 5.75 Å². The van der Waals surface area contributed by atoms with E-state index >= 15 is 0 Å². The third-order valence-corrected chi connectivity index (χ3v) is 5.31. The van der Waals surface area contributed by atoms with Crippen molar-refractivity contribution in [2.24, 2.45) is 5.41 Å². The molecule has 0 aromatic heterocycles. The fraction of sp³-hybridized carbons (Fsp3) is 0.588. The largest absolute Gasteiger partial charge is 0.495 e. The molecule has 3 rings (SSSR count). The van der Waals surface area contributed by atoms with Gasteiger partial charge in [0.05, 0.1) is 18.4 Å². The second kappa shape index (κ2) is 6.00. The highest BCUT2D eigenvalue weighted by Crippen LogP contribution is 2.48. The van der Waals surface area contributed by atoms with Crippen LogP contribution in [0.1, 0.15) is 36.0 Å². The first-order valence-corrected chi connectivity index (χ1v) is 8.05. The van der Waals surface area contributed by atoms with Crippen LogP contribution in [-0.2, 0) is 0 Å². The van der Waals surface area contributed by atoms with Gasteiger partial charge in [-0.25, -0.2) is 4.39 Å². The molecule has 1 spiro atoms. The first-order valence-electron chi connectivity index (χ1n) is 8.05. The van der Waals surface area contributed by atoms with E-state index in [0.717, 1.165) is 32.0 Å². The minimum absolute atomic E-state index is 0.0135. The van der Waals surface area contributed by atoms with Gasteiger partial charge < -0.3 is 20.7 Å². The van der Waals surface area contributed by atoms with Crippen molar-refractivity contribution >= 4 is 11.6 Å². The zero-order valence-electron chi connectivity index (χ0n) is 13.7. The number of amides is 1. The van der Waals surface area contributed by atoms with Crippen LogP contribution in [0.2, 0.25) is 0 Å². The highest BCUT2D eigenvalue weighted by molar-refractivity contribution is 5.95. The SMILES string of the molecule is COc1cc(C(=O)NC2CC3(CCN(C)CC3)C2)c(F)cc1N. The Hall–Kier alpha value is -1.82. The lowest BCUT2D eigenvalue weighted by molar-refractivity contribution is 0.0138. The zero-order chi connectivity index (χ0) is 16.6. The van der Waals surface area contributed by atoms with E-state index in [2.05, 4.69) is 17.3 Å². The maximum Gasteiger partial charge on any atom is 0.254 e. The molecule has 6 heteroatoms. The van der Waals surface area contributed by atoms with E-state index in [1.165, 1.54) is 26.0 Å². The Kier molecular flexibility index (Phi) is 4.19. The summed E-state index contributed by atoms with van der Waals surface area (Å²) in [5.74, 6) is -0.695. The average Bonchev–Trinajstić information content (AvgIpc) is 2.48. The molecule has 1 aromatic carbocycles. The molecule has 1 saturated heterocycles. The van der Waals surface area contributed by atoms with Crippen molar-refractivity contribution in [1.29, 1.82) is 0 Å². The van der Waals surface area contributed by atoms with Crippen LogP contribution < -0.4 is 15.8 Å². The molecule has 0 radical (unpaired) electrons. The maximum atomic E-state index is 14.0. The first-order chi connectivity index (χ1) is 10.9. The van der Waals surface area contributed by atoms with Crippen molar-refractivity contribution in [3.05, 3.63) is 23.5 Å². The predicted octanol–water partition coefficient (Wildman–Crippen LogP) is 2.02. The van der Waals surface area contributed by atoms with Gasteiger partial charge in [-0.3, -0.25) is 4.79 Å². The predicted molar refractivity (Wildman–Crippen MR) is 87.0 cm³/mol. The molecular weight excluding hydrogens is 297 g/mol. The van der Waals surface area contributed by atoms with E-state index in [0.29, 0.717) is 11.2 Å². The standard InChI is InChI=1S/C17H24FN3O2/c1-21-5-3-17(4-6-21)9-11(10-17)20-16(22)12-7-15(23-2)14(19)8-13(12)18/h7-8,11H,3-6,9-10,19H2,1-2H3,(H,20,22). The van der Waals surface area contributed by atoms with Gasteiger partial charge in [-0.05, 0) is 57.3 Å². The summed E-state index contributed by atoms with van der Waals surface area (Å²) in [6, 6.07) is 2.63. The summed E-state index contributed by atoms with van der Waals surface area (Å²) in [6.07, 6.45) is 4.33. The number of nitrogens with zero attached hydrogens (tertiary/aromatic N) is 1. The number of likely N-dealkylation sites (tertiary alicyclic amines) is 1. The average molecular weight is 321 g/mol. The van der Waals surface area contributed by atoms with Crippen molar-refractivity contribution in [3.8, 4) is 5.75 Å². The van der Waals surface area contributed by atoms with Gasteiger partial charge in [0, 0.05) is 12.1 Å². The quantitative estimate of drug-likeness (QED) is 0.836. The number of piperidine rings is 1. The molecule has 1 aromatic rings. The molecule has 5 nitrogen and oxygen atoms in total. The second-order valence-corrected chi connectivity index (χ2v) is 6.96. The van der Waals surface area contributed by atoms with Crippen LogP contribution in [-0.4, -0.2) is 44.1 Å². The number of nitrogens with one attached hydrogen (secondary N) is 1. The number of benzene rings is 1. The van der Waals surface area contributed by atoms with Crippen LogP contribution in [0.4, 0.5) is 10.1 Å².